The first-order valence-corrected chi connectivity index (χ1v) is 6.78. The van der Waals surface area contributed by atoms with Crippen LogP contribution in [0.5, 0.6) is 0 Å². The molecule has 1 saturated carbocycles. The second-order valence-electron chi connectivity index (χ2n) is 6.42. The van der Waals surface area contributed by atoms with Crippen LogP contribution in [-0.4, -0.2) is 15.9 Å². The molecule has 18 heavy (non-hydrogen) atoms. The van der Waals surface area contributed by atoms with Gasteiger partial charge in [-0.1, -0.05) is 25.9 Å². The fraction of sp³-hybridized carbons (Fsp3) is 0.786. The predicted octanol–water partition coefficient (Wildman–Crippen LogP) is 3.28. The molecule has 0 aliphatic heterocycles. The number of rotatable bonds is 3. The summed E-state index contributed by atoms with van der Waals surface area (Å²) in [6, 6.07) is 0. The van der Waals surface area contributed by atoms with Gasteiger partial charge in [-0.15, -0.1) is 0 Å². The van der Waals surface area contributed by atoms with Crippen molar-refractivity contribution in [1.29, 1.82) is 0 Å². The van der Waals surface area contributed by atoms with Crippen LogP contribution in [0.1, 0.15) is 70.5 Å². The highest BCUT2D eigenvalue weighted by atomic mass is 16.5. The summed E-state index contributed by atoms with van der Waals surface area (Å²) >= 11 is 0. The summed E-state index contributed by atoms with van der Waals surface area (Å²) in [7, 11) is 0. The van der Waals surface area contributed by atoms with E-state index in [1.54, 1.807) is 0 Å². The first-order chi connectivity index (χ1) is 8.44. The van der Waals surface area contributed by atoms with E-state index in [4.69, 9.17) is 4.52 Å². The maximum atomic E-state index is 11.2. The van der Waals surface area contributed by atoms with Crippen molar-refractivity contribution in [3.63, 3.8) is 0 Å². The first-order valence-electron chi connectivity index (χ1n) is 6.78. The van der Waals surface area contributed by atoms with Crippen molar-refractivity contribution in [3.05, 3.63) is 11.7 Å². The largest absolute Gasteiger partial charge is 0.339 e. The smallest absolute Gasteiger partial charge is 0.229 e. The summed E-state index contributed by atoms with van der Waals surface area (Å²) in [4.78, 5) is 15.7. The van der Waals surface area contributed by atoms with Crippen molar-refractivity contribution in [2.24, 2.45) is 5.41 Å². The highest BCUT2D eigenvalue weighted by Gasteiger charge is 2.25. The normalized spacial score (nSPS) is 18.3. The molecule has 2 rings (SSSR count). The van der Waals surface area contributed by atoms with E-state index in [2.05, 4.69) is 30.9 Å². The topological polar surface area (TPSA) is 56.0 Å². The number of Topliss-reactive ketones (excluding diaryl/α,β-unsaturated/α-hetero) is 1. The van der Waals surface area contributed by atoms with Crippen LogP contribution in [0.15, 0.2) is 4.52 Å². The fourth-order valence-electron chi connectivity index (χ4n) is 2.21. The van der Waals surface area contributed by atoms with Crippen LogP contribution in [0.4, 0.5) is 0 Å². The second kappa shape index (κ2) is 5.21. The molecule has 1 fully saturated rings. The van der Waals surface area contributed by atoms with Crippen LogP contribution in [-0.2, 0) is 11.2 Å². The Morgan fingerprint density at radius 2 is 1.94 bits per heavy atom. The first kappa shape index (κ1) is 13.2. The Labute approximate surface area is 108 Å². The summed E-state index contributed by atoms with van der Waals surface area (Å²) in [5.41, 5.74) is 0.290. The molecule has 4 heteroatoms. The number of aromatic nitrogens is 2. The number of carbonyl (C=O) groups is 1. The molecule has 0 atom stereocenters. The van der Waals surface area contributed by atoms with Crippen molar-refractivity contribution < 1.29 is 9.32 Å². The lowest BCUT2D eigenvalue weighted by Gasteiger charge is -2.17. The molecule has 1 aromatic rings. The molecule has 1 aromatic heterocycles. The van der Waals surface area contributed by atoms with Gasteiger partial charge in [0.05, 0.1) is 0 Å². The Morgan fingerprint density at radius 3 is 2.56 bits per heavy atom. The number of aryl methyl sites for hydroxylation is 1. The number of nitrogens with zero attached hydrogens (tertiary/aromatic N) is 2. The van der Waals surface area contributed by atoms with Crippen molar-refractivity contribution in [2.75, 3.05) is 0 Å². The third-order valence-corrected chi connectivity index (χ3v) is 3.47. The monoisotopic (exact) mass is 250 g/mol. The average molecular weight is 250 g/mol. The van der Waals surface area contributed by atoms with E-state index < -0.39 is 0 Å². The zero-order valence-corrected chi connectivity index (χ0v) is 11.5. The molecule has 1 aliphatic carbocycles. The molecule has 0 saturated heterocycles. The van der Waals surface area contributed by atoms with E-state index in [1.807, 2.05) is 0 Å². The molecule has 4 nitrogen and oxygen atoms in total. The Hall–Kier alpha value is -1.19. The number of hydrogen-bond acceptors (Lipinski definition) is 4. The molecule has 1 aliphatic rings. The third-order valence-electron chi connectivity index (χ3n) is 3.47. The molecule has 0 bridgehead atoms. The Bertz CT molecular complexity index is 408. The number of carbonyl (C=O) groups excluding carboxylic acids is 1. The minimum atomic E-state index is 0.290. The third kappa shape index (κ3) is 3.65. The SMILES string of the molecule is CC(C)(C)CCc1noc(C2CCC(=O)CC2)n1. The maximum absolute atomic E-state index is 11.2. The Kier molecular flexibility index (Phi) is 3.83. The van der Waals surface area contributed by atoms with E-state index >= 15 is 0 Å². The van der Waals surface area contributed by atoms with Gasteiger partial charge in [0.15, 0.2) is 5.82 Å². The van der Waals surface area contributed by atoms with Gasteiger partial charge in [0.25, 0.3) is 0 Å². The van der Waals surface area contributed by atoms with Crippen molar-refractivity contribution in [3.8, 4) is 0 Å². The molecular weight excluding hydrogens is 228 g/mol. The Balaban J connectivity index is 1.91. The Morgan fingerprint density at radius 1 is 1.28 bits per heavy atom. The summed E-state index contributed by atoms with van der Waals surface area (Å²) < 4.78 is 5.33. The molecule has 100 valence electrons. The summed E-state index contributed by atoms with van der Waals surface area (Å²) in [6.07, 6.45) is 4.95. The van der Waals surface area contributed by atoms with Crippen molar-refractivity contribution in [2.45, 2.75) is 65.2 Å². The molecule has 0 amide bonds. The van der Waals surface area contributed by atoms with Gasteiger partial charge in [0.1, 0.15) is 5.78 Å². The summed E-state index contributed by atoms with van der Waals surface area (Å²) in [5, 5.41) is 4.04. The van der Waals surface area contributed by atoms with E-state index in [0.717, 1.165) is 37.4 Å². The van der Waals surface area contributed by atoms with Gasteiger partial charge in [-0.3, -0.25) is 4.79 Å². The van der Waals surface area contributed by atoms with Gasteiger partial charge in [0, 0.05) is 25.2 Å². The maximum Gasteiger partial charge on any atom is 0.229 e. The highest BCUT2D eigenvalue weighted by molar-refractivity contribution is 5.79. The van der Waals surface area contributed by atoms with Crippen LogP contribution >= 0.6 is 0 Å². The summed E-state index contributed by atoms with van der Waals surface area (Å²) in [5.74, 6) is 2.18. The average Bonchev–Trinajstić information content (AvgIpc) is 2.75. The number of ketones is 1. The van der Waals surface area contributed by atoms with Crippen LogP contribution < -0.4 is 0 Å². The van der Waals surface area contributed by atoms with Crippen LogP contribution in [0.3, 0.4) is 0 Å². The van der Waals surface area contributed by atoms with Crippen LogP contribution in [0.2, 0.25) is 0 Å². The molecule has 0 N–H and O–H groups in total. The standard InChI is InChI=1S/C14H22N2O2/c1-14(2,3)9-8-12-15-13(18-16-12)10-4-6-11(17)7-5-10/h10H,4-9H2,1-3H3. The second-order valence-corrected chi connectivity index (χ2v) is 6.42. The van der Waals surface area contributed by atoms with E-state index in [-0.39, 0.29) is 5.41 Å². The van der Waals surface area contributed by atoms with Crippen LogP contribution in [0, 0.1) is 5.41 Å². The molecule has 0 unspecified atom stereocenters. The van der Waals surface area contributed by atoms with Crippen molar-refractivity contribution >= 4 is 5.78 Å². The van der Waals surface area contributed by atoms with Gasteiger partial charge in [0.2, 0.25) is 5.89 Å². The van der Waals surface area contributed by atoms with Crippen molar-refractivity contribution in [1.82, 2.24) is 10.1 Å². The summed E-state index contributed by atoms with van der Waals surface area (Å²) in [6.45, 7) is 6.63. The lowest BCUT2D eigenvalue weighted by atomic mass is 9.88. The molecule has 0 radical (unpaired) electrons. The van der Waals surface area contributed by atoms with Gasteiger partial charge < -0.3 is 4.52 Å². The molecule has 1 heterocycles. The quantitative estimate of drug-likeness (QED) is 0.826. The zero-order chi connectivity index (χ0) is 13.2. The lowest BCUT2D eigenvalue weighted by molar-refractivity contribution is -0.120. The lowest BCUT2D eigenvalue weighted by Crippen LogP contribution is -2.12. The molecule has 0 aromatic carbocycles. The zero-order valence-electron chi connectivity index (χ0n) is 11.5. The van der Waals surface area contributed by atoms with Gasteiger partial charge >= 0.3 is 0 Å². The molecule has 0 spiro atoms. The fourth-order valence-corrected chi connectivity index (χ4v) is 2.21. The van der Waals surface area contributed by atoms with Gasteiger partial charge in [-0.2, -0.15) is 4.98 Å². The molecular formula is C14H22N2O2. The highest BCUT2D eigenvalue weighted by Crippen LogP contribution is 2.30. The number of hydrogen-bond donors (Lipinski definition) is 0. The van der Waals surface area contributed by atoms with Gasteiger partial charge in [-0.05, 0) is 24.7 Å². The van der Waals surface area contributed by atoms with E-state index in [1.165, 1.54) is 0 Å². The predicted molar refractivity (Wildman–Crippen MR) is 68.3 cm³/mol. The minimum Gasteiger partial charge on any atom is -0.339 e. The van der Waals surface area contributed by atoms with Crippen LogP contribution in [0.25, 0.3) is 0 Å². The minimum absolute atomic E-state index is 0.290. The van der Waals surface area contributed by atoms with Gasteiger partial charge in [-0.25, -0.2) is 0 Å². The van der Waals surface area contributed by atoms with E-state index in [0.29, 0.717) is 24.5 Å². The van der Waals surface area contributed by atoms with E-state index in [9.17, 15) is 4.79 Å².